The van der Waals surface area contributed by atoms with E-state index in [-0.39, 0.29) is 17.2 Å². The molecule has 0 radical (unpaired) electrons. The van der Waals surface area contributed by atoms with Crippen molar-refractivity contribution in [3.8, 4) is 11.4 Å². The fourth-order valence-corrected chi connectivity index (χ4v) is 3.54. The van der Waals surface area contributed by atoms with Crippen molar-refractivity contribution in [3.05, 3.63) is 68.7 Å². The summed E-state index contributed by atoms with van der Waals surface area (Å²) in [6.07, 6.45) is 0. The van der Waals surface area contributed by atoms with Gasteiger partial charge >= 0.3 is 0 Å². The molecule has 138 valence electrons. The van der Waals surface area contributed by atoms with E-state index in [1.54, 1.807) is 36.7 Å². The van der Waals surface area contributed by atoms with Crippen molar-refractivity contribution >= 4 is 34.8 Å². The Bertz CT molecular complexity index is 1040. The van der Waals surface area contributed by atoms with Crippen molar-refractivity contribution in [1.29, 1.82) is 0 Å². The molecule has 0 spiro atoms. The van der Waals surface area contributed by atoms with Crippen molar-refractivity contribution in [2.45, 2.75) is 12.1 Å². The Labute approximate surface area is 164 Å². The van der Waals surface area contributed by atoms with Gasteiger partial charge < -0.3 is 4.57 Å². The lowest BCUT2D eigenvalue weighted by molar-refractivity contribution is -0.385. The lowest BCUT2D eigenvalue weighted by Gasteiger charge is -2.05. The molecule has 9 heteroatoms. The molecule has 0 saturated carbocycles. The van der Waals surface area contributed by atoms with Gasteiger partial charge in [0.25, 0.3) is 5.69 Å². The molecule has 27 heavy (non-hydrogen) atoms. The summed E-state index contributed by atoms with van der Waals surface area (Å²) < 4.78 is 1.76. The molecule has 0 N–H and O–H groups in total. The third-order valence-corrected chi connectivity index (χ3v) is 5.36. The van der Waals surface area contributed by atoms with Crippen LogP contribution in [0.25, 0.3) is 11.4 Å². The summed E-state index contributed by atoms with van der Waals surface area (Å²) in [6.45, 7) is 1.64. The number of carbonyl (C=O) groups excluding carboxylic acids is 1. The summed E-state index contributed by atoms with van der Waals surface area (Å²) in [4.78, 5) is 23.0. The summed E-state index contributed by atoms with van der Waals surface area (Å²) in [7, 11) is 1.79. The maximum atomic E-state index is 12.4. The van der Waals surface area contributed by atoms with E-state index in [0.29, 0.717) is 27.1 Å². The summed E-state index contributed by atoms with van der Waals surface area (Å²) in [5.74, 6) is 0.473. The van der Waals surface area contributed by atoms with Crippen molar-refractivity contribution in [2.75, 3.05) is 5.75 Å². The van der Waals surface area contributed by atoms with Gasteiger partial charge in [0.05, 0.1) is 15.7 Å². The van der Waals surface area contributed by atoms with E-state index >= 15 is 0 Å². The van der Waals surface area contributed by atoms with Crippen LogP contribution in [0.5, 0.6) is 0 Å². The van der Waals surface area contributed by atoms with E-state index in [0.717, 1.165) is 5.56 Å². The number of thioether (sulfide) groups is 1. The second-order valence-electron chi connectivity index (χ2n) is 5.82. The zero-order valence-corrected chi connectivity index (χ0v) is 16.1. The van der Waals surface area contributed by atoms with Gasteiger partial charge in [0, 0.05) is 29.8 Å². The number of halogens is 1. The van der Waals surface area contributed by atoms with Crippen LogP contribution in [0.3, 0.4) is 0 Å². The summed E-state index contributed by atoms with van der Waals surface area (Å²) in [5.41, 5.74) is 1.50. The van der Waals surface area contributed by atoms with Crippen LogP contribution in [0.4, 0.5) is 5.69 Å². The van der Waals surface area contributed by atoms with Crippen molar-refractivity contribution < 1.29 is 9.72 Å². The number of hydrogen-bond donors (Lipinski definition) is 0. The van der Waals surface area contributed by atoms with Crippen LogP contribution in [0.15, 0.2) is 47.6 Å². The third kappa shape index (κ3) is 4.01. The summed E-state index contributed by atoms with van der Waals surface area (Å²) in [5, 5.41) is 20.4. The number of carbonyl (C=O) groups is 1. The molecule has 1 aromatic heterocycles. The minimum absolute atomic E-state index is 0.0643. The minimum atomic E-state index is -0.488. The lowest BCUT2D eigenvalue weighted by Crippen LogP contribution is -2.05. The topological polar surface area (TPSA) is 90.9 Å². The molecule has 2 aromatic carbocycles. The van der Waals surface area contributed by atoms with Crippen LogP contribution in [-0.2, 0) is 7.05 Å². The number of rotatable bonds is 6. The fourth-order valence-electron chi connectivity index (χ4n) is 2.51. The highest BCUT2D eigenvalue weighted by Gasteiger charge is 2.18. The maximum Gasteiger partial charge on any atom is 0.273 e. The standard InChI is InChI=1S/C18H15ClN4O3S/c1-11-7-8-12(9-15(11)23(25)26)16(24)10-27-18-21-20-17(22(18)2)13-5-3-4-6-14(13)19/h3-9H,10H2,1-2H3. The molecule has 1 heterocycles. The van der Waals surface area contributed by atoms with Crippen LogP contribution in [0.2, 0.25) is 5.02 Å². The van der Waals surface area contributed by atoms with Gasteiger partial charge in [0.1, 0.15) is 0 Å². The van der Waals surface area contributed by atoms with Gasteiger partial charge in [-0.05, 0) is 19.1 Å². The molecule has 3 rings (SSSR count). The number of ketones is 1. The Morgan fingerprint density at radius 3 is 2.70 bits per heavy atom. The number of nitro groups is 1. The Kier molecular flexibility index (Phi) is 5.57. The number of nitrogens with zero attached hydrogens (tertiary/aromatic N) is 4. The molecule has 0 saturated heterocycles. The quantitative estimate of drug-likeness (QED) is 0.264. The number of hydrogen-bond acceptors (Lipinski definition) is 6. The maximum absolute atomic E-state index is 12.4. The van der Waals surface area contributed by atoms with Gasteiger partial charge in [-0.3, -0.25) is 14.9 Å². The Morgan fingerprint density at radius 1 is 1.26 bits per heavy atom. The predicted molar refractivity (Wildman–Crippen MR) is 104 cm³/mol. The largest absolute Gasteiger partial charge is 0.305 e. The van der Waals surface area contributed by atoms with E-state index in [4.69, 9.17) is 11.6 Å². The molecule has 0 aliphatic carbocycles. The SMILES string of the molecule is Cc1ccc(C(=O)CSc2nnc(-c3ccccc3Cl)n2C)cc1[N+](=O)[O-]. The van der Waals surface area contributed by atoms with Crippen LogP contribution < -0.4 is 0 Å². The van der Waals surface area contributed by atoms with Crippen molar-refractivity contribution in [3.63, 3.8) is 0 Å². The predicted octanol–water partition coefficient (Wildman–Crippen LogP) is 4.33. The Balaban J connectivity index is 1.76. The summed E-state index contributed by atoms with van der Waals surface area (Å²) >= 11 is 7.42. The molecule has 0 fully saturated rings. The normalized spacial score (nSPS) is 10.8. The van der Waals surface area contributed by atoms with Gasteiger partial charge in [-0.1, -0.05) is 47.6 Å². The van der Waals surface area contributed by atoms with Gasteiger partial charge in [0.2, 0.25) is 0 Å². The zero-order valence-electron chi connectivity index (χ0n) is 14.5. The highest BCUT2D eigenvalue weighted by Crippen LogP contribution is 2.28. The first-order valence-corrected chi connectivity index (χ1v) is 9.30. The molecule has 0 amide bonds. The number of Topliss-reactive ketones (excluding diaryl/α,β-unsaturated/α-hetero) is 1. The average molecular weight is 403 g/mol. The second-order valence-corrected chi connectivity index (χ2v) is 7.16. The first-order chi connectivity index (χ1) is 12.9. The highest BCUT2D eigenvalue weighted by molar-refractivity contribution is 7.99. The zero-order chi connectivity index (χ0) is 19.6. The highest BCUT2D eigenvalue weighted by atomic mass is 35.5. The average Bonchev–Trinajstić information content (AvgIpc) is 3.00. The van der Waals surface area contributed by atoms with Gasteiger partial charge in [-0.2, -0.15) is 0 Å². The first-order valence-electron chi connectivity index (χ1n) is 7.94. The number of aromatic nitrogens is 3. The van der Waals surface area contributed by atoms with E-state index in [2.05, 4.69) is 10.2 Å². The summed E-state index contributed by atoms with van der Waals surface area (Å²) in [6, 6.07) is 11.8. The van der Waals surface area contributed by atoms with E-state index in [9.17, 15) is 14.9 Å². The fraction of sp³-hybridized carbons (Fsp3) is 0.167. The molecule has 3 aromatic rings. The number of benzene rings is 2. The van der Waals surface area contributed by atoms with Crippen LogP contribution in [-0.4, -0.2) is 31.2 Å². The number of nitro benzene ring substituents is 1. The second kappa shape index (κ2) is 7.89. The lowest BCUT2D eigenvalue weighted by atomic mass is 10.1. The molecule has 0 atom stereocenters. The molecule has 0 bridgehead atoms. The van der Waals surface area contributed by atoms with Crippen molar-refractivity contribution in [1.82, 2.24) is 14.8 Å². The first kappa shape index (κ1) is 19.1. The number of aryl methyl sites for hydroxylation is 1. The van der Waals surface area contributed by atoms with Gasteiger partial charge in [-0.15, -0.1) is 10.2 Å². The van der Waals surface area contributed by atoms with E-state index in [1.165, 1.54) is 17.8 Å². The van der Waals surface area contributed by atoms with E-state index < -0.39 is 4.92 Å². The monoisotopic (exact) mass is 402 g/mol. The molecule has 0 aliphatic rings. The third-order valence-electron chi connectivity index (χ3n) is 4.01. The van der Waals surface area contributed by atoms with Gasteiger partial charge in [0.15, 0.2) is 16.8 Å². The molecule has 7 nitrogen and oxygen atoms in total. The molecule has 0 unspecified atom stereocenters. The molecular formula is C18H15ClN4O3S. The molecule has 0 aliphatic heterocycles. The van der Waals surface area contributed by atoms with Crippen molar-refractivity contribution in [2.24, 2.45) is 7.05 Å². The minimum Gasteiger partial charge on any atom is -0.305 e. The van der Waals surface area contributed by atoms with Gasteiger partial charge in [-0.25, -0.2) is 0 Å². The Morgan fingerprint density at radius 2 is 2.00 bits per heavy atom. The van der Waals surface area contributed by atoms with Crippen LogP contribution in [0, 0.1) is 17.0 Å². The molecular weight excluding hydrogens is 388 g/mol. The smallest absolute Gasteiger partial charge is 0.273 e. The van der Waals surface area contributed by atoms with Crippen LogP contribution in [0.1, 0.15) is 15.9 Å². The Hall–Kier alpha value is -2.71. The van der Waals surface area contributed by atoms with Crippen LogP contribution >= 0.6 is 23.4 Å². The van der Waals surface area contributed by atoms with E-state index in [1.807, 2.05) is 18.2 Å².